The molecule has 2 N–H and O–H groups in total. The topological polar surface area (TPSA) is 96.5 Å². The normalized spacial score (nSPS) is 14.8. The molecular weight excluding hydrogens is 418 g/mol. The van der Waals surface area contributed by atoms with Crippen LogP contribution in [0.5, 0.6) is 5.75 Å². The molecule has 0 saturated heterocycles. The van der Waals surface area contributed by atoms with Gasteiger partial charge >= 0.3 is 5.97 Å². The number of carbonyl (C=O) groups is 2. The number of ketones is 1. The molecule has 170 valence electrons. The van der Waals surface area contributed by atoms with Crippen molar-refractivity contribution in [1.29, 1.82) is 0 Å². The number of nitrogens with one attached hydrogen (secondary N) is 2. The van der Waals surface area contributed by atoms with Gasteiger partial charge in [0.1, 0.15) is 5.75 Å². The molecule has 0 unspecified atom stereocenters. The Morgan fingerprint density at radius 2 is 1.85 bits per heavy atom. The minimum atomic E-state index is -0.322. The van der Waals surface area contributed by atoms with Crippen molar-refractivity contribution in [3.8, 4) is 5.75 Å². The lowest BCUT2D eigenvalue weighted by atomic mass is 10.0. The summed E-state index contributed by atoms with van der Waals surface area (Å²) < 4.78 is 10.3. The molecule has 0 spiro atoms. The molecule has 0 radical (unpaired) electrons. The lowest BCUT2D eigenvalue weighted by Gasteiger charge is -2.03. The minimum Gasteiger partial charge on any atom is -0.494 e. The molecule has 3 heterocycles. The quantitative estimate of drug-likeness (QED) is 0.536. The molecular formula is C26H27N3O4. The van der Waals surface area contributed by atoms with Crippen LogP contribution in [0.15, 0.2) is 41.4 Å². The number of ether oxygens (including phenoxy) is 2. The van der Waals surface area contributed by atoms with Crippen molar-refractivity contribution in [1.82, 2.24) is 9.97 Å². The number of nitrogens with zero attached hydrogens (tertiary/aromatic N) is 1. The molecule has 0 fully saturated rings. The molecule has 3 aromatic rings. The highest BCUT2D eigenvalue weighted by Crippen LogP contribution is 2.19. The maximum absolute atomic E-state index is 13.2. The van der Waals surface area contributed by atoms with E-state index in [1.54, 1.807) is 7.11 Å². The predicted octanol–water partition coefficient (Wildman–Crippen LogP) is 1.30. The average Bonchev–Trinajstić information content (AvgIpc) is 3.48. The van der Waals surface area contributed by atoms with Gasteiger partial charge in [-0.05, 0) is 44.0 Å². The fourth-order valence-electron chi connectivity index (χ4n) is 4.08. The molecule has 1 aliphatic rings. The first-order valence-corrected chi connectivity index (χ1v) is 10.8. The molecule has 7 heteroatoms. The Hall–Kier alpha value is -3.87. The Kier molecular flexibility index (Phi) is 6.31. The predicted molar refractivity (Wildman–Crippen MR) is 125 cm³/mol. The molecule has 33 heavy (non-hydrogen) atoms. The molecule has 2 aromatic heterocycles. The van der Waals surface area contributed by atoms with Gasteiger partial charge in [-0.1, -0.05) is 18.2 Å². The van der Waals surface area contributed by atoms with Gasteiger partial charge in [0.15, 0.2) is 5.78 Å². The zero-order valence-corrected chi connectivity index (χ0v) is 19.2. The first-order chi connectivity index (χ1) is 15.9. The molecule has 1 aliphatic heterocycles. The van der Waals surface area contributed by atoms with Crippen LogP contribution in [0.1, 0.15) is 36.2 Å². The highest BCUT2D eigenvalue weighted by Gasteiger charge is 2.22. The largest absolute Gasteiger partial charge is 0.494 e. The number of hydrogen-bond donors (Lipinski definition) is 2. The zero-order chi connectivity index (χ0) is 23.5. The van der Waals surface area contributed by atoms with Gasteiger partial charge < -0.3 is 19.4 Å². The Morgan fingerprint density at radius 1 is 1.06 bits per heavy atom. The number of benzene rings is 1. The van der Waals surface area contributed by atoms with Gasteiger partial charge in [-0.15, -0.1) is 0 Å². The fraction of sp³-hybridized carbons (Fsp3) is 0.269. The van der Waals surface area contributed by atoms with Crippen LogP contribution in [-0.4, -0.2) is 35.9 Å². The maximum Gasteiger partial charge on any atom is 0.305 e. The van der Waals surface area contributed by atoms with Crippen molar-refractivity contribution >= 4 is 29.1 Å². The van der Waals surface area contributed by atoms with E-state index in [0.29, 0.717) is 28.8 Å². The third-order valence-electron chi connectivity index (χ3n) is 5.70. The van der Waals surface area contributed by atoms with Crippen molar-refractivity contribution in [2.75, 3.05) is 14.2 Å². The maximum atomic E-state index is 13.2. The Balaban J connectivity index is 1.83. The fourth-order valence-corrected chi connectivity index (χ4v) is 4.08. The van der Waals surface area contributed by atoms with Gasteiger partial charge in [-0.2, -0.15) is 0 Å². The second-order valence-corrected chi connectivity index (χ2v) is 8.06. The van der Waals surface area contributed by atoms with E-state index in [9.17, 15) is 9.59 Å². The van der Waals surface area contributed by atoms with E-state index in [1.165, 1.54) is 7.11 Å². The van der Waals surface area contributed by atoms with E-state index in [2.05, 4.69) is 20.8 Å². The standard InChI is InChI=1S/C26H27N3O4/c1-15-12-16(2)27-19(15)13-20-23(32-3)14-21(28-20)26-25(17-8-5-6-9-18(17)29-26)22(30)10-7-11-24(31)33-4/h5-6,8-9,12-14,27-28H,7,10-11H2,1-4H3/b20-13-,26-21?. The average molecular weight is 446 g/mol. The van der Waals surface area contributed by atoms with Gasteiger partial charge in [0.05, 0.1) is 41.5 Å². The van der Waals surface area contributed by atoms with Crippen molar-refractivity contribution < 1.29 is 19.1 Å². The summed E-state index contributed by atoms with van der Waals surface area (Å²) in [5.41, 5.74) is 4.32. The van der Waals surface area contributed by atoms with E-state index >= 15 is 0 Å². The van der Waals surface area contributed by atoms with Gasteiger partial charge in [-0.25, -0.2) is 4.99 Å². The summed E-state index contributed by atoms with van der Waals surface area (Å²) in [5, 5.41) is 3.03. The van der Waals surface area contributed by atoms with Crippen molar-refractivity contribution in [3.63, 3.8) is 0 Å². The van der Waals surface area contributed by atoms with Crippen LogP contribution in [0.3, 0.4) is 0 Å². The Labute approximate surface area is 191 Å². The third kappa shape index (κ3) is 4.53. The number of H-pyrrole nitrogens is 2. The number of methoxy groups -OCH3 is 2. The first-order valence-electron chi connectivity index (χ1n) is 10.8. The zero-order valence-electron chi connectivity index (χ0n) is 19.2. The van der Waals surface area contributed by atoms with E-state index in [1.807, 2.05) is 50.3 Å². The van der Waals surface area contributed by atoms with Crippen LogP contribution in [0.2, 0.25) is 0 Å². The molecule has 4 rings (SSSR count). The van der Waals surface area contributed by atoms with E-state index in [4.69, 9.17) is 9.73 Å². The first kappa shape index (κ1) is 22.3. The molecule has 0 bridgehead atoms. The Morgan fingerprint density at radius 3 is 2.55 bits per heavy atom. The molecule has 0 saturated carbocycles. The lowest BCUT2D eigenvalue weighted by molar-refractivity contribution is -0.140. The number of fused-ring (bicyclic) bond motifs is 1. The van der Waals surface area contributed by atoms with Crippen LogP contribution >= 0.6 is 0 Å². The van der Waals surface area contributed by atoms with Crippen LogP contribution in [0.25, 0.3) is 17.3 Å². The van der Waals surface area contributed by atoms with E-state index < -0.39 is 0 Å². The molecule has 7 nitrogen and oxygen atoms in total. The summed E-state index contributed by atoms with van der Waals surface area (Å²) in [6.07, 6.45) is 2.84. The summed E-state index contributed by atoms with van der Waals surface area (Å²) in [7, 11) is 2.96. The number of para-hydroxylation sites is 1. The number of aryl methyl sites for hydroxylation is 2. The smallest absolute Gasteiger partial charge is 0.305 e. The van der Waals surface area contributed by atoms with Crippen LogP contribution in [0, 0.1) is 13.8 Å². The highest BCUT2D eigenvalue weighted by molar-refractivity contribution is 6.28. The van der Waals surface area contributed by atoms with E-state index in [-0.39, 0.29) is 24.6 Å². The van der Waals surface area contributed by atoms with Gasteiger partial charge in [0.2, 0.25) is 0 Å². The van der Waals surface area contributed by atoms with Crippen LogP contribution in [-0.2, 0) is 14.3 Å². The van der Waals surface area contributed by atoms with Crippen molar-refractivity contribution in [2.24, 2.45) is 4.99 Å². The summed E-state index contributed by atoms with van der Waals surface area (Å²) in [4.78, 5) is 36.2. The monoisotopic (exact) mass is 445 g/mol. The Bertz CT molecular complexity index is 1470. The summed E-state index contributed by atoms with van der Waals surface area (Å²) in [6.45, 7) is 4.06. The molecule has 0 amide bonds. The number of carbonyl (C=O) groups excluding carboxylic acids is 2. The third-order valence-corrected chi connectivity index (χ3v) is 5.70. The summed E-state index contributed by atoms with van der Waals surface area (Å²) in [6, 6.07) is 11.5. The molecule has 1 aromatic carbocycles. The van der Waals surface area contributed by atoms with Gasteiger partial charge in [0, 0.05) is 35.5 Å². The second kappa shape index (κ2) is 9.32. The second-order valence-electron chi connectivity index (χ2n) is 8.06. The van der Waals surface area contributed by atoms with Crippen LogP contribution < -0.4 is 26.0 Å². The summed E-state index contributed by atoms with van der Waals surface area (Å²) >= 11 is 0. The van der Waals surface area contributed by atoms with Crippen LogP contribution in [0.4, 0.5) is 0 Å². The lowest BCUT2D eigenvalue weighted by Crippen LogP contribution is -2.25. The number of Topliss-reactive ketones (excluding diaryl/α,β-unsaturated/α-hetero) is 1. The number of aromatic nitrogens is 2. The summed E-state index contributed by atoms with van der Waals surface area (Å²) in [5.74, 6) is 0.281. The van der Waals surface area contributed by atoms with Crippen molar-refractivity contribution in [2.45, 2.75) is 33.1 Å². The number of hydrogen-bond acceptors (Lipinski definition) is 5. The van der Waals surface area contributed by atoms with Gasteiger partial charge in [-0.3, -0.25) is 9.59 Å². The number of aromatic amines is 2. The number of rotatable bonds is 7. The highest BCUT2D eigenvalue weighted by atomic mass is 16.5. The minimum absolute atomic E-state index is 0.0578. The van der Waals surface area contributed by atoms with Gasteiger partial charge in [0.25, 0.3) is 0 Å². The SMILES string of the molecule is COC(=O)CCCC(=O)C1=c2ccccc2=NC1=c1cc(OC)/c(=C/c2[nH]c(C)cc2C)[nH]1. The molecule has 0 atom stereocenters. The molecule has 0 aliphatic carbocycles. The number of esters is 1. The van der Waals surface area contributed by atoms with Crippen molar-refractivity contribution in [3.05, 3.63) is 74.6 Å². The van der Waals surface area contributed by atoms with E-state index in [0.717, 1.165) is 32.9 Å².